The van der Waals surface area contributed by atoms with E-state index >= 15 is 0 Å². The molecule has 0 amide bonds. The summed E-state index contributed by atoms with van der Waals surface area (Å²) in [4.78, 5) is 25.8. The number of esters is 1. The Balaban J connectivity index is 1.93. The van der Waals surface area contributed by atoms with Crippen LogP contribution in [0, 0.1) is 17.7 Å². The van der Waals surface area contributed by atoms with Gasteiger partial charge in [0.2, 0.25) is 0 Å². The summed E-state index contributed by atoms with van der Waals surface area (Å²) in [7, 11) is 1.26. The second kappa shape index (κ2) is 7.52. The zero-order chi connectivity index (χ0) is 20.7. The van der Waals surface area contributed by atoms with Crippen molar-refractivity contribution in [3.8, 4) is 0 Å². The molecule has 0 bridgehead atoms. The van der Waals surface area contributed by atoms with Crippen molar-refractivity contribution >= 4 is 34.7 Å². The van der Waals surface area contributed by atoms with Gasteiger partial charge >= 0.3 is 5.97 Å². The highest BCUT2D eigenvalue weighted by Gasteiger charge is 2.45. The lowest BCUT2D eigenvalue weighted by Gasteiger charge is -2.32. The van der Waals surface area contributed by atoms with E-state index in [1.165, 1.54) is 19.2 Å². The van der Waals surface area contributed by atoms with Crippen molar-refractivity contribution in [1.82, 2.24) is 0 Å². The van der Waals surface area contributed by atoms with Gasteiger partial charge in [0.15, 0.2) is 5.78 Å². The van der Waals surface area contributed by atoms with Gasteiger partial charge in [-0.25, -0.2) is 4.39 Å². The van der Waals surface area contributed by atoms with Crippen molar-refractivity contribution in [2.24, 2.45) is 11.8 Å². The molecule has 0 fully saturated rings. The maximum Gasteiger partial charge on any atom is 0.316 e. The topological polar surface area (TPSA) is 67.4 Å². The van der Waals surface area contributed by atoms with E-state index < -0.39 is 23.7 Å². The molecule has 7 heteroatoms. The average molecular weight is 415 g/mol. The van der Waals surface area contributed by atoms with E-state index in [0.717, 1.165) is 5.69 Å². The first-order valence-electron chi connectivity index (χ1n) is 9.34. The number of para-hydroxylation sites is 2. The summed E-state index contributed by atoms with van der Waals surface area (Å²) in [6, 6.07) is 11.0. The fourth-order valence-electron chi connectivity index (χ4n) is 4.14. The van der Waals surface area contributed by atoms with Gasteiger partial charge in [-0.3, -0.25) is 9.59 Å². The van der Waals surface area contributed by atoms with Gasteiger partial charge in [0.25, 0.3) is 0 Å². The first kappa shape index (κ1) is 19.5. The molecule has 4 rings (SSSR count). The van der Waals surface area contributed by atoms with Crippen LogP contribution in [-0.2, 0) is 14.3 Å². The highest BCUT2D eigenvalue weighted by molar-refractivity contribution is 6.31. The normalized spacial score (nSPS) is 23.3. The Hall–Kier alpha value is -2.86. The van der Waals surface area contributed by atoms with E-state index in [9.17, 15) is 14.0 Å². The monoisotopic (exact) mass is 414 g/mol. The summed E-state index contributed by atoms with van der Waals surface area (Å²) >= 11 is 6.35. The third-order valence-electron chi connectivity index (χ3n) is 5.51. The van der Waals surface area contributed by atoms with Gasteiger partial charge in [-0.2, -0.15) is 0 Å². The number of rotatable bonds is 2. The van der Waals surface area contributed by atoms with Crippen molar-refractivity contribution in [1.29, 1.82) is 0 Å². The second-order valence-electron chi connectivity index (χ2n) is 7.32. The molecule has 2 aromatic carbocycles. The van der Waals surface area contributed by atoms with Crippen molar-refractivity contribution in [3.63, 3.8) is 0 Å². The minimum Gasteiger partial charge on any atom is -0.468 e. The van der Waals surface area contributed by atoms with Crippen LogP contribution in [0.1, 0.15) is 24.9 Å². The number of hydrogen-bond acceptors (Lipinski definition) is 5. The van der Waals surface area contributed by atoms with E-state index in [4.69, 9.17) is 16.3 Å². The van der Waals surface area contributed by atoms with Crippen LogP contribution < -0.4 is 10.6 Å². The Morgan fingerprint density at radius 2 is 1.90 bits per heavy atom. The van der Waals surface area contributed by atoms with E-state index in [0.29, 0.717) is 23.4 Å². The molecular formula is C22H20ClFN2O3. The van der Waals surface area contributed by atoms with E-state index in [1.807, 2.05) is 31.2 Å². The van der Waals surface area contributed by atoms with Gasteiger partial charge in [0, 0.05) is 21.9 Å². The number of halogens is 2. The number of nitrogens with one attached hydrogen (secondary N) is 2. The first-order valence-corrected chi connectivity index (χ1v) is 9.71. The molecule has 2 aromatic rings. The molecule has 29 heavy (non-hydrogen) atoms. The van der Waals surface area contributed by atoms with Gasteiger partial charge < -0.3 is 15.4 Å². The largest absolute Gasteiger partial charge is 0.468 e. The number of carbonyl (C=O) groups is 2. The summed E-state index contributed by atoms with van der Waals surface area (Å²) in [5, 5.41) is 6.78. The maximum absolute atomic E-state index is 14.9. The maximum atomic E-state index is 14.9. The summed E-state index contributed by atoms with van der Waals surface area (Å²) in [5.41, 5.74) is 2.62. The SMILES string of the molecule is COC(=O)[C@H]1C(=O)C2=C(C[C@H]1C)Nc1ccccc1N[C@@H]2c1c(F)cccc1Cl. The van der Waals surface area contributed by atoms with Gasteiger partial charge in [0.1, 0.15) is 11.7 Å². The molecule has 5 nitrogen and oxygen atoms in total. The highest BCUT2D eigenvalue weighted by Crippen LogP contribution is 2.45. The van der Waals surface area contributed by atoms with Gasteiger partial charge in [0.05, 0.1) is 24.5 Å². The van der Waals surface area contributed by atoms with Crippen LogP contribution in [0.4, 0.5) is 15.8 Å². The zero-order valence-electron chi connectivity index (χ0n) is 16.0. The van der Waals surface area contributed by atoms with Gasteiger partial charge in [-0.05, 0) is 36.6 Å². The fourth-order valence-corrected chi connectivity index (χ4v) is 4.41. The summed E-state index contributed by atoms with van der Waals surface area (Å²) in [6.07, 6.45) is 0.444. The lowest BCUT2D eigenvalue weighted by atomic mass is 9.74. The Morgan fingerprint density at radius 1 is 1.17 bits per heavy atom. The Bertz CT molecular complexity index is 1020. The van der Waals surface area contributed by atoms with Gasteiger partial charge in [-0.15, -0.1) is 0 Å². The Kier molecular flexibility index (Phi) is 5.04. The molecule has 2 N–H and O–H groups in total. The van der Waals surface area contributed by atoms with Crippen LogP contribution in [0.3, 0.4) is 0 Å². The smallest absolute Gasteiger partial charge is 0.316 e. The third-order valence-corrected chi connectivity index (χ3v) is 5.84. The van der Waals surface area contributed by atoms with Crippen molar-refractivity contribution in [3.05, 3.63) is 70.1 Å². The molecule has 0 aromatic heterocycles. The standard InChI is InChI=1S/C22H20ClFN2O3/c1-11-10-16-19(21(27)17(11)22(28)29-2)20(18-12(23)6-5-7-13(18)24)26-15-9-4-3-8-14(15)25-16/h3-9,11,17,20,25-26H,10H2,1-2H3/t11-,17-,20-/m1/s1. The van der Waals surface area contributed by atoms with Crippen molar-refractivity contribution < 1.29 is 18.7 Å². The zero-order valence-corrected chi connectivity index (χ0v) is 16.7. The van der Waals surface area contributed by atoms with Crippen LogP contribution in [0.5, 0.6) is 0 Å². The molecule has 1 heterocycles. The minimum atomic E-state index is -0.948. The number of ketones is 1. The molecule has 0 saturated carbocycles. The molecule has 1 aliphatic carbocycles. The number of carbonyl (C=O) groups excluding carboxylic acids is 2. The number of hydrogen-bond donors (Lipinski definition) is 2. The lowest BCUT2D eigenvalue weighted by molar-refractivity contribution is -0.151. The molecule has 0 radical (unpaired) electrons. The average Bonchev–Trinajstić information content (AvgIpc) is 2.84. The molecule has 150 valence electrons. The molecule has 3 atom stereocenters. The van der Waals surface area contributed by atoms with Crippen molar-refractivity contribution in [2.45, 2.75) is 19.4 Å². The predicted octanol–water partition coefficient (Wildman–Crippen LogP) is 4.71. The number of Topliss-reactive ketones (excluding diaryl/α,β-unsaturated/α-hetero) is 1. The second-order valence-corrected chi connectivity index (χ2v) is 7.73. The number of fused-ring (bicyclic) bond motifs is 1. The summed E-state index contributed by atoms with van der Waals surface area (Å²) in [5.74, 6) is -2.71. The fraction of sp³-hybridized carbons (Fsp3) is 0.273. The Morgan fingerprint density at radius 3 is 2.59 bits per heavy atom. The molecule has 0 spiro atoms. The number of methoxy groups -OCH3 is 1. The lowest BCUT2D eigenvalue weighted by Crippen LogP contribution is -2.39. The summed E-state index contributed by atoms with van der Waals surface area (Å²) in [6.45, 7) is 1.83. The van der Waals surface area contributed by atoms with Gasteiger partial charge in [-0.1, -0.05) is 36.7 Å². The van der Waals surface area contributed by atoms with E-state index in [-0.39, 0.29) is 22.3 Å². The Labute approximate surface area is 172 Å². The number of anilines is 2. The molecule has 2 aliphatic rings. The summed E-state index contributed by atoms with van der Waals surface area (Å²) < 4.78 is 19.7. The van der Waals surface area contributed by atoms with Crippen LogP contribution >= 0.6 is 11.6 Å². The van der Waals surface area contributed by atoms with E-state index in [2.05, 4.69) is 10.6 Å². The van der Waals surface area contributed by atoms with Crippen LogP contribution in [0.2, 0.25) is 5.02 Å². The van der Waals surface area contributed by atoms with E-state index in [1.54, 1.807) is 6.07 Å². The molecule has 0 saturated heterocycles. The number of ether oxygens (including phenoxy) is 1. The van der Waals surface area contributed by atoms with Crippen LogP contribution in [0.25, 0.3) is 0 Å². The van der Waals surface area contributed by atoms with Crippen molar-refractivity contribution in [2.75, 3.05) is 17.7 Å². The predicted molar refractivity (Wildman–Crippen MR) is 109 cm³/mol. The number of allylic oxidation sites excluding steroid dienone is 1. The van der Waals surface area contributed by atoms with Crippen LogP contribution in [0.15, 0.2) is 53.7 Å². The minimum absolute atomic E-state index is 0.173. The van der Waals surface area contributed by atoms with Crippen LogP contribution in [-0.4, -0.2) is 18.9 Å². The highest BCUT2D eigenvalue weighted by atomic mass is 35.5. The molecule has 0 unspecified atom stereocenters. The number of benzene rings is 2. The molecular weight excluding hydrogens is 395 g/mol. The quantitative estimate of drug-likeness (QED) is 0.550. The third kappa shape index (κ3) is 3.27. The molecule has 1 aliphatic heterocycles. The first-order chi connectivity index (χ1) is 13.9.